The van der Waals surface area contributed by atoms with Crippen LogP contribution in [0.1, 0.15) is 42.6 Å². The maximum absolute atomic E-state index is 12.9. The number of unbranched alkanes of at least 4 members (excludes halogenated alkanes) is 1. The van der Waals surface area contributed by atoms with Crippen molar-refractivity contribution < 1.29 is 19.1 Å². The SMILES string of the molecule is CCCCc1ccc(NC2=C(Cl)C(=O)N(c3cccc(C(=O)OCC)c3)C2=O)cc1. The molecule has 0 unspecified atom stereocenters. The summed E-state index contributed by atoms with van der Waals surface area (Å²) >= 11 is 6.18. The fraction of sp³-hybridized carbons (Fsp3) is 0.261. The van der Waals surface area contributed by atoms with E-state index in [-0.39, 0.29) is 28.6 Å². The van der Waals surface area contributed by atoms with Gasteiger partial charge in [-0.25, -0.2) is 9.69 Å². The maximum atomic E-state index is 12.9. The summed E-state index contributed by atoms with van der Waals surface area (Å²) in [6, 6.07) is 13.8. The second-order valence-electron chi connectivity index (χ2n) is 6.83. The molecular weight excluding hydrogens is 404 g/mol. The first kappa shape index (κ1) is 21.6. The molecule has 1 aliphatic heterocycles. The molecule has 6 nitrogen and oxygen atoms in total. The van der Waals surface area contributed by atoms with Crippen LogP contribution in [-0.4, -0.2) is 24.4 Å². The first-order valence-electron chi connectivity index (χ1n) is 9.88. The number of rotatable bonds is 8. The van der Waals surface area contributed by atoms with Crippen molar-refractivity contribution in [3.63, 3.8) is 0 Å². The van der Waals surface area contributed by atoms with Crippen molar-refractivity contribution in [1.82, 2.24) is 0 Å². The number of benzene rings is 2. The Morgan fingerprint density at radius 1 is 1.07 bits per heavy atom. The van der Waals surface area contributed by atoms with Crippen LogP contribution in [0.2, 0.25) is 0 Å². The summed E-state index contributed by atoms with van der Waals surface area (Å²) in [5.41, 5.74) is 2.36. The number of imide groups is 1. The van der Waals surface area contributed by atoms with Gasteiger partial charge in [0.25, 0.3) is 11.8 Å². The molecule has 0 bridgehead atoms. The van der Waals surface area contributed by atoms with E-state index in [2.05, 4.69) is 12.2 Å². The van der Waals surface area contributed by atoms with Gasteiger partial charge in [0.2, 0.25) is 0 Å². The number of esters is 1. The normalized spacial score (nSPS) is 13.8. The van der Waals surface area contributed by atoms with Gasteiger partial charge in [-0.2, -0.15) is 0 Å². The van der Waals surface area contributed by atoms with Gasteiger partial charge >= 0.3 is 5.97 Å². The molecule has 2 aromatic carbocycles. The maximum Gasteiger partial charge on any atom is 0.338 e. The molecule has 1 N–H and O–H groups in total. The molecule has 0 aliphatic carbocycles. The van der Waals surface area contributed by atoms with Crippen LogP contribution in [0, 0.1) is 0 Å². The topological polar surface area (TPSA) is 75.7 Å². The van der Waals surface area contributed by atoms with Gasteiger partial charge in [0, 0.05) is 5.69 Å². The molecule has 0 spiro atoms. The van der Waals surface area contributed by atoms with Crippen LogP contribution in [0.15, 0.2) is 59.3 Å². The number of hydrogen-bond acceptors (Lipinski definition) is 5. The number of ether oxygens (including phenoxy) is 1. The quantitative estimate of drug-likeness (QED) is 0.491. The molecule has 2 amide bonds. The van der Waals surface area contributed by atoms with Crippen LogP contribution < -0.4 is 10.2 Å². The smallest absolute Gasteiger partial charge is 0.338 e. The zero-order valence-electron chi connectivity index (χ0n) is 16.9. The first-order valence-corrected chi connectivity index (χ1v) is 10.3. The minimum atomic E-state index is -0.648. The van der Waals surface area contributed by atoms with Gasteiger partial charge in [-0.3, -0.25) is 9.59 Å². The minimum absolute atomic E-state index is 0.00418. The van der Waals surface area contributed by atoms with E-state index in [4.69, 9.17) is 16.3 Å². The van der Waals surface area contributed by atoms with Crippen LogP contribution in [0.25, 0.3) is 0 Å². The highest BCUT2D eigenvalue weighted by Crippen LogP contribution is 2.30. The molecule has 0 radical (unpaired) electrons. The molecule has 7 heteroatoms. The summed E-state index contributed by atoms with van der Waals surface area (Å²) in [6.45, 7) is 4.07. The number of halogens is 1. The average molecular weight is 427 g/mol. The largest absolute Gasteiger partial charge is 0.462 e. The van der Waals surface area contributed by atoms with Gasteiger partial charge in [0.05, 0.1) is 17.9 Å². The van der Waals surface area contributed by atoms with E-state index in [9.17, 15) is 14.4 Å². The number of carbonyl (C=O) groups excluding carboxylic acids is 3. The molecule has 1 aliphatic rings. The van der Waals surface area contributed by atoms with Gasteiger partial charge in [0.1, 0.15) is 10.7 Å². The average Bonchev–Trinajstić information content (AvgIpc) is 2.96. The van der Waals surface area contributed by atoms with Crippen LogP contribution >= 0.6 is 11.6 Å². The van der Waals surface area contributed by atoms with E-state index in [1.54, 1.807) is 25.1 Å². The van der Waals surface area contributed by atoms with Crippen molar-refractivity contribution >= 4 is 40.8 Å². The number of nitrogens with one attached hydrogen (secondary N) is 1. The van der Waals surface area contributed by atoms with Crippen LogP contribution in [-0.2, 0) is 20.7 Å². The fourth-order valence-corrected chi connectivity index (χ4v) is 3.32. The molecular formula is C23H23ClN2O4. The molecule has 30 heavy (non-hydrogen) atoms. The van der Waals surface area contributed by atoms with Gasteiger partial charge in [-0.15, -0.1) is 0 Å². The highest BCUT2D eigenvalue weighted by Gasteiger charge is 2.39. The van der Waals surface area contributed by atoms with Crippen molar-refractivity contribution in [1.29, 1.82) is 0 Å². The Balaban J connectivity index is 1.80. The number of nitrogens with zero attached hydrogens (tertiary/aromatic N) is 1. The Bertz CT molecular complexity index is 999. The van der Waals surface area contributed by atoms with E-state index in [0.717, 1.165) is 24.2 Å². The van der Waals surface area contributed by atoms with Gasteiger partial charge in [-0.1, -0.05) is 43.1 Å². The van der Waals surface area contributed by atoms with E-state index < -0.39 is 17.8 Å². The number of carbonyl (C=O) groups is 3. The van der Waals surface area contributed by atoms with E-state index in [0.29, 0.717) is 5.69 Å². The Morgan fingerprint density at radius 2 is 1.80 bits per heavy atom. The summed E-state index contributed by atoms with van der Waals surface area (Å²) in [6.07, 6.45) is 3.21. The van der Waals surface area contributed by atoms with Crippen LogP contribution in [0.3, 0.4) is 0 Å². The Kier molecular flexibility index (Phi) is 6.90. The Morgan fingerprint density at radius 3 is 2.47 bits per heavy atom. The van der Waals surface area contributed by atoms with Crippen molar-refractivity contribution in [2.45, 2.75) is 33.1 Å². The van der Waals surface area contributed by atoms with Gasteiger partial charge in [-0.05, 0) is 55.7 Å². The van der Waals surface area contributed by atoms with E-state index in [1.807, 2.05) is 24.3 Å². The molecule has 3 rings (SSSR count). The third kappa shape index (κ3) is 4.54. The van der Waals surface area contributed by atoms with Crippen LogP contribution in [0.4, 0.5) is 11.4 Å². The third-order valence-corrected chi connectivity index (χ3v) is 5.04. The van der Waals surface area contributed by atoms with Crippen LogP contribution in [0.5, 0.6) is 0 Å². The predicted molar refractivity (Wildman–Crippen MR) is 116 cm³/mol. The van der Waals surface area contributed by atoms with E-state index >= 15 is 0 Å². The van der Waals surface area contributed by atoms with Gasteiger partial charge < -0.3 is 10.1 Å². The lowest BCUT2D eigenvalue weighted by molar-refractivity contribution is -0.120. The lowest BCUT2D eigenvalue weighted by Gasteiger charge is -2.16. The lowest BCUT2D eigenvalue weighted by Crippen LogP contribution is -2.32. The summed E-state index contributed by atoms with van der Waals surface area (Å²) in [4.78, 5) is 38.5. The predicted octanol–water partition coefficient (Wildman–Crippen LogP) is 4.64. The second-order valence-corrected chi connectivity index (χ2v) is 7.21. The van der Waals surface area contributed by atoms with Crippen molar-refractivity contribution in [3.8, 4) is 0 Å². The summed E-state index contributed by atoms with van der Waals surface area (Å²) in [7, 11) is 0. The third-order valence-electron chi connectivity index (χ3n) is 4.69. The Hall–Kier alpha value is -3.12. The van der Waals surface area contributed by atoms with Crippen molar-refractivity contribution in [3.05, 3.63) is 70.4 Å². The molecule has 0 atom stereocenters. The summed E-state index contributed by atoms with van der Waals surface area (Å²) in [5.74, 6) is -1.76. The van der Waals surface area contributed by atoms with E-state index in [1.165, 1.54) is 11.6 Å². The number of aryl methyl sites for hydroxylation is 1. The number of anilines is 2. The standard InChI is InChI=1S/C23H23ClN2O4/c1-3-5-7-15-10-12-17(13-11-15)25-20-19(24)21(27)26(22(20)28)18-9-6-8-16(14-18)23(29)30-4-2/h6,8-14,25H,3-5,7H2,1-2H3. The highest BCUT2D eigenvalue weighted by molar-refractivity contribution is 6.53. The van der Waals surface area contributed by atoms with Crippen molar-refractivity contribution in [2.75, 3.05) is 16.8 Å². The number of hydrogen-bond donors (Lipinski definition) is 1. The summed E-state index contributed by atoms with van der Waals surface area (Å²) < 4.78 is 4.98. The molecule has 156 valence electrons. The zero-order valence-corrected chi connectivity index (χ0v) is 17.7. The zero-order chi connectivity index (χ0) is 21.7. The van der Waals surface area contributed by atoms with Crippen molar-refractivity contribution in [2.24, 2.45) is 0 Å². The molecule has 1 heterocycles. The fourth-order valence-electron chi connectivity index (χ4n) is 3.11. The lowest BCUT2D eigenvalue weighted by atomic mass is 10.1. The Labute approximate surface area is 180 Å². The minimum Gasteiger partial charge on any atom is -0.462 e. The monoisotopic (exact) mass is 426 g/mol. The second kappa shape index (κ2) is 9.59. The number of amides is 2. The molecule has 0 saturated heterocycles. The molecule has 0 saturated carbocycles. The summed E-state index contributed by atoms with van der Waals surface area (Å²) in [5, 5.41) is 2.76. The van der Waals surface area contributed by atoms with Gasteiger partial charge in [0.15, 0.2) is 0 Å². The highest BCUT2D eigenvalue weighted by atomic mass is 35.5. The molecule has 0 aromatic heterocycles. The molecule has 0 fully saturated rings. The first-order chi connectivity index (χ1) is 14.5. The molecule has 2 aromatic rings.